The Labute approximate surface area is 117 Å². The molecule has 0 atom stereocenters. The summed E-state index contributed by atoms with van der Waals surface area (Å²) in [7, 11) is 0. The van der Waals surface area contributed by atoms with Crippen molar-refractivity contribution in [3.8, 4) is 0 Å². The van der Waals surface area contributed by atoms with Crippen molar-refractivity contribution >= 4 is 17.3 Å². The Bertz CT molecular complexity index is 432. The summed E-state index contributed by atoms with van der Waals surface area (Å²) < 4.78 is 28.3. The summed E-state index contributed by atoms with van der Waals surface area (Å²) in [6, 6.07) is 2.72. The van der Waals surface area contributed by atoms with Gasteiger partial charge in [-0.15, -0.1) is 11.6 Å². The van der Waals surface area contributed by atoms with Crippen molar-refractivity contribution in [2.24, 2.45) is 11.8 Å². The largest absolute Gasteiger partial charge is 0.366 e. The Hall–Kier alpha value is -0.830. The highest BCUT2D eigenvalue weighted by atomic mass is 35.5. The maximum absolute atomic E-state index is 14.1. The number of alkyl halides is 1. The highest BCUT2D eigenvalue weighted by Crippen LogP contribution is 2.37. The summed E-state index contributed by atoms with van der Waals surface area (Å²) in [5, 5.41) is 0. The minimum Gasteiger partial charge on any atom is -0.366 e. The van der Waals surface area contributed by atoms with Gasteiger partial charge in [0.2, 0.25) is 0 Å². The topological polar surface area (TPSA) is 3.24 Å². The van der Waals surface area contributed by atoms with Crippen molar-refractivity contribution in [2.45, 2.75) is 31.6 Å². The van der Waals surface area contributed by atoms with E-state index >= 15 is 0 Å². The SMILES string of the molecule is Fc1cc(CCl)cc(F)c1N(CC1CC1)CC1CC1. The van der Waals surface area contributed by atoms with Gasteiger partial charge >= 0.3 is 0 Å². The Morgan fingerprint density at radius 1 is 1.00 bits per heavy atom. The predicted octanol–water partition coefficient (Wildman–Crippen LogP) is 4.33. The minimum atomic E-state index is -0.475. The van der Waals surface area contributed by atoms with Gasteiger partial charge in [-0.2, -0.15) is 0 Å². The van der Waals surface area contributed by atoms with E-state index in [1.807, 2.05) is 4.90 Å². The molecule has 1 aromatic rings. The molecule has 0 saturated heterocycles. The summed E-state index contributed by atoms with van der Waals surface area (Å²) >= 11 is 5.64. The molecule has 0 bridgehead atoms. The maximum Gasteiger partial charge on any atom is 0.149 e. The second-order valence-corrected chi connectivity index (χ2v) is 6.10. The first-order valence-electron chi connectivity index (χ1n) is 6.96. The highest BCUT2D eigenvalue weighted by Gasteiger charge is 2.31. The summed E-state index contributed by atoms with van der Waals surface area (Å²) in [5.74, 6) is 0.420. The van der Waals surface area contributed by atoms with E-state index in [0.717, 1.165) is 13.1 Å². The molecule has 0 unspecified atom stereocenters. The van der Waals surface area contributed by atoms with Gasteiger partial charge in [0.05, 0.1) is 0 Å². The molecule has 19 heavy (non-hydrogen) atoms. The zero-order valence-corrected chi connectivity index (χ0v) is 11.6. The lowest BCUT2D eigenvalue weighted by Gasteiger charge is -2.26. The molecule has 2 aliphatic rings. The standard InChI is InChI=1S/C15H18ClF2N/c16-7-12-5-13(17)15(14(18)6-12)19(8-10-1-2-10)9-11-3-4-11/h5-6,10-11H,1-4,7-9H2. The van der Waals surface area contributed by atoms with Crippen molar-refractivity contribution in [2.75, 3.05) is 18.0 Å². The molecule has 2 saturated carbocycles. The van der Waals surface area contributed by atoms with Crippen molar-refractivity contribution < 1.29 is 8.78 Å². The van der Waals surface area contributed by atoms with E-state index in [0.29, 0.717) is 17.4 Å². The van der Waals surface area contributed by atoms with Gasteiger partial charge < -0.3 is 4.90 Å². The first-order valence-corrected chi connectivity index (χ1v) is 7.49. The zero-order valence-electron chi connectivity index (χ0n) is 10.8. The molecular formula is C15H18ClF2N. The van der Waals surface area contributed by atoms with Gasteiger partial charge in [-0.05, 0) is 55.2 Å². The quantitative estimate of drug-likeness (QED) is 0.703. The molecule has 1 aromatic carbocycles. The van der Waals surface area contributed by atoms with Crippen LogP contribution in [0.4, 0.5) is 14.5 Å². The van der Waals surface area contributed by atoms with Crippen LogP contribution in [-0.2, 0) is 5.88 Å². The molecule has 1 nitrogen and oxygen atoms in total. The van der Waals surface area contributed by atoms with Gasteiger partial charge in [0.25, 0.3) is 0 Å². The number of hydrogen-bond donors (Lipinski definition) is 0. The molecular weight excluding hydrogens is 268 g/mol. The van der Waals surface area contributed by atoms with Crippen molar-refractivity contribution in [1.82, 2.24) is 0 Å². The Morgan fingerprint density at radius 3 is 1.84 bits per heavy atom. The van der Waals surface area contributed by atoms with Gasteiger partial charge in [0.1, 0.15) is 17.3 Å². The lowest BCUT2D eigenvalue weighted by molar-refractivity contribution is 0.557. The van der Waals surface area contributed by atoms with Crippen molar-refractivity contribution in [3.05, 3.63) is 29.3 Å². The summed E-state index contributed by atoms with van der Waals surface area (Å²) in [5.41, 5.74) is 0.644. The monoisotopic (exact) mass is 285 g/mol. The Kier molecular flexibility index (Phi) is 3.66. The van der Waals surface area contributed by atoms with E-state index in [2.05, 4.69) is 0 Å². The summed E-state index contributed by atoms with van der Waals surface area (Å²) in [6.45, 7) is 1.56. The van der Waals surface area contributed by atoms with E-state index in [1.165, 1.54) is 37.8 Å². The fourth-order valence-corrected chi connectivity index (χ4v) is 2.63. The maximum atomic E-state index is 14.1. The number of rotatable bonds is 6. The number of benzene rings is 1. The van der Waals surface area contributed by atoms with Crippen LogP contribution < -0.4 is 4.90 Å². The third-order valence-corrected chi connectivity index (χ3v) is 4.21. The molecule has 104 valence electrons. The molecule has 0 radical (unpaired) electrons. The third-order valence-electron chi connectivity index (χ3n) is 3.90. The number of nitrogens with zero attached hydrogens (tertiary/aromatic N) is 1. The summed E-state index contributed by atoms with van der Waals surface area (Å²) in [6.07, 6.45) is 4.74. The second kappa shape index (κ2) is 5.28. The van der Waals surface area contributed by atoms with Crippen LogP contribution in [0.15, 0.2) is 12.1 Å². The normalized spacial score (nSPS) is 18.7. The molecule has 0 spiro atoms. The first-order chi connectivity index (χ1) is 9.17. The summed E-state index contributed by atoms with van der Waals surface area (Å²) in [4.78, 5) is 1.91. The fourth-order valence-electron chi connectivity index (χ4n) is 2.48. The number of hydrogen-bond acceptors (Lipinski definition) is 1. The van der Waals surface area contributed by atoms with Gasteiger partial charge in [-0.3, -0.25) is 0 Å². The van der Waals surface area contributed by atoms with E-state index in [9.17, 15) is 8.78 Å². The van der Waals surface area contributed by atoms with Gasteiger partial charge in [-0.25, -0.2) is 8.78 Å². The number of halogens is 3. The van der Waals surface area contributed by atoms with E-state index in [1.54, 1.807) is 0 Å². The molecule has 3 rings (SSSR count). The minimum absolute atomic E-state index is 0.138. The van der Waals surface area contributed by atoms with Crippen molar-refractivity contribution in [1.29, 1.82) is 0 Å². The number of anilines is 1. The van der Waals surface area contributed by atoms with Crippen LogP contribution in [0.2, 0.25) is 0 Å². The molecule has 0 N–H and O–H groups in total. The van der Waals surface area contributed by atoms with Gasteiger partial charge in [0.15, 0.2) is 0 Å². The molecule has 2 aliphatic carbocycles. The molecule has 0 heterocycles. The average molecular weight is 286 g/mol. The van der Waals surface area contributed by atoms with Crippen LogP contribution in [0, 0.1) is 23.5 Å². The average Bonchev–Trinajstić information content (AvgIpc) is 3.23. The van der Waals surface area contributed by atoms with Crippen LogP contribution in [0.1, 0.15) is 31.2 Å². The molecule has 0 aliphatic heterocycles. The van der Waals surface area contributed by atoms with Crippen molar-refractivity contribution in [3.63, 3.8) is 0 Å². The van der Waals surface area contributed by atoms with Crippen LogP contribution in [-0.4, -0.2) is 13.1 Å². The van der Waals surface area contributed by atoms with Gasteiger partial charge in [0, 0.05) is 19.0 Å². The molecule has 2 fully saturated rings. The van der Waals surface area contributed by atoms with E-state index in [-0.39, 0.29) is 11.6 Å². The molecule has 0 aromatic heterocycles. The first kappa shape index (κ1) is 13.2. The smallest absolute Gasteiger partial charge is 0.149 e. The molecule has 0 amide bonds. The van der Waals surface area contributed by atoms with Crippen LogP contribution in [0.25, 0.3) is 0 Å². The van der Waals surface area contributed by atoms with Crippen LogP contribution in [0.3, 0.4) is 0 Å². The molecule has 4 heteroatoms. The predicted molar refractivity (Wildman–Crippen MR) is 73.6 cm³/mol. The Balaban J connectivity index is 1.86. The second-order valence-electron chi connectivity index (χ2n) is 5.83. The zero-order chi connectivity index (χ0) is 13.4. The fraction of sp³-hybridized carbons (Fsp3) is 0.600. The highest BCUT2D eigenvalue weighted by molar-refractivity contribution is 6.17. The van der Waals surface area contributed by atoms with E-state index in [4.69, 9.17) is 11.6 Å². The van der Waals surface area contributed by atoms with Crippen LogP contribution in [0.5, 0.6) is 0 Å². The van der Waals surface area contributed by atoms with E-state index < -0.39 is 11.6 Å². The third kappa shape index (κ3) is 3.19. The Morgan fingerprint density at radius 2 is 1.47 bits per heavy atom. The van der Waals surface area contributed by atoms with Crippen LogP contribution >= 0.6 is 11.6 Å². The lowest BCUT2D eigenvalue weighted by Crippen LogP contribution is -2.30. The lowest BCUT2D eigenvalue weighted by atomic mass is 10.1. The van der Waals surface area contributed by atoms with Gasteiger partial charge in [-0.1, -0.05) is 0 Å².